The van der Waals surface area contributed by atoms with Gasteiger partial charge in [-0.05, 0) is 36.8 Å². The van der Waals surface area contributed by atoms with E-state index < -0.39 is 17.1 Å². The van der Waals surface area contributed by atoms with Gasteiger partial charge in [-0.25, -0.2) is 4.79 Å². The van der Waals surface area contributed by atoms with Crippen LogP contribution < -0.4 is 5.73 Å². The van der Waals surface area contributed by atoms with Crippen LogP contribution in [0, 0.1) is 0 Å². The molecule has 0 saturated heterocycles. The summed E-state index contributed by atoms with van der Waals surface area (Å²) in [6.45, 7) is 0. The van der Waals surface area contributed by atoms with Crippen LogP contribution in [-0.2, 0) is 21.4 Å². The van der Waals surface area contributed by atoms with Crippen LogP contribution in [0.15, 0.2) is 60.7 Å². The number of carbonyl (C=O) groups excluding carboxylic acids is 2. The van der Waals surface area contributed by atoms with E-state index in [-0.39, 0.29) is 0 Å². The van der Waals surface area contributed by atoms with E-state index in [0.29, 0.717) is 32.1 Å². The first-order valence-corrected chi connectivity index (χ1v) is 8.62. The lowest BCUT2D eigenvalue weighted by Crippen LogP contribution is -2.47. The van der Waals surface area contributed by atoms with Crippen molar-refractivity contribution in [1.29, 1.82) is 0 Å². The molecule has 2 aromatic carbocycles. The number of aldehydes is 1. The first-order chi connectivity index (χ1) is 12.1. The molecule has 0 atom stereocenters. The van der Waals surface area contributed by atoms with Crippen molar-refractivity contribution in [2.24, 2.45) is 5.73 Å². The van der Waals surface area contributed by atoms with E-state index in [1.807, 2.05) is 60.7 Å². The van der Waals surface area contributed by atoms with Crippen molar-refractivity contribution in [3.63, 3.8) is 0 Å². The summed E-state index contributed by atoms with van der Waals surface area (Å²) in [6.07, 6.45) is 3.41. The van der Waals surface area contributed by atoms with Crippen LogP contribution in [0.4, 0.5) is 4.79 Å². The quantitative estimate of drug-likeness (QED) is 0.844. The highest BCUT2D eigenvalue weighted by molar-refractivity contribution is 5.69. The van der Waals surface area contributed by atoms with E-state index in [1.165, 1.54) is 0 Å². The average Bonchev–Trinajstić information content (AvgIpc) is 2.64. The second-order valence-electron chi connectivity index (χ2n) is 6.91. The maximum Gasteiger partial charge on any atom is 0.405 e. The molecule has 1 aliphatic rings. The molecule has 0 heterocycles. The Bertz CT molecular complexity index is 719. The van der Waals surface area contributed by atoms with Gasteiger partial charge in [0.2, 0.25) is 0 Å². The summed E-state index contributed by atoms with van der Waals surface area (Å²) in [5, 5.41) is 0. The fraction of sp³-hybridized carbons (Fsp3) is 0.333. The molecule has 2 N–H and O–H groups in total. The largest absolute Gasteiger partial charge is 0.443 e. The number of hydrogen-bond donors (Lipinski definition) is 1. The third-order valence-electron chi connectivity index (χ3n) is 5.31. The van der Waals surface area contributed by atoms with Gasteiger partial charge in [-0.15, -0.1) is 0 Å². The summed E-state index contributed by atoms with van der Waals surface area (Å²) < 4.78 is 5.58. The molecule has 0 unspecified atom stereocenters. The van der Waals surface area contributed by atoms with Gasteiger partial charge in [0.1, 0.15) is 11.9 Å². The van der Waals surface area contributed by atoms with Gasteiger partial charge in [0.15, 0.2) is 0 Å². The summed E-state index contributed by atoms with van der Waals surface area (Å²) in [7, 11) is 0. The van der Waals surface area contributed by atoms with Crippen molar-refractivity contribution >= 4 is 12.4 Å². The van der Waals surface area contributed by atoms with Gasteiger partial charge in [-0.1, -0.05) is 60.7 Å². The van der Waals surface area contributed by atoms with E-state index in [2.05, 4.69) is 0 Å². The Morgan fingerprint density at radius 3 is 2.04 bits per heavy atom. The highest BCUT2D eigenvalue weighted by Crippen LogP contribution is 2.44. The number of nitrogens with two attached hydrogens (primary N) is 1. The fourth-order valence-electron chi connectivity index (χ4n) is 3.89. The molecule has 0 bridgehead atoms. The van der Waals surface area contributed by atoms with Gasteiger partial charge in [0.25, 0.3) is 0 Å². The molecule has 1 aliphatic carbocycles. The zero-order valence-electron chi connectivity index (χ0n) is 14.2. The first kappa shape index (κ1) is 17.2. The Kier molecular flexibility index (Phi) is 4.88. The summed E-state index contributed by atoms with van der Waals surface area (Å²) in [6, 6.07) is 19.8. The number of hydrogen-bond acceptors (Lipinski definition) is 3. The van der Waals surface area contributed by atoms with Crippen molar-refractivity contribution in [2.45, 2.75) is 43.1 Å². The minimum absolute atomic E-state index is 0.511. The van der Waals surface area contributed by atoms with E-state index >= 15 is 0 Å². The van der Waals surface area contributed by atoms with Crippen LogP contribution in [-0.4, -0.2) is 18.0 Å². The summed E-state index contributed by atoms with van der Waals surface area (Å²) in [5.41, 5.74) is 6.31. The molecule has 0 spiro atoms. The summed E-state index contributed by atoms with van der Waals surface area (Å²) in [4.78, 5) is 23.4. The van der Waals surface area contributed by atoms with Gasteiger partial charge in [0.05, 0.1) is 5.41 Å². The molecule has 1 fully saturated rings. The molecular weight excluding hydrogens is 314 g/mol. The Labute approximate surface area is 148 Å². The van der Waals surface area contributed by atoms with Gasteiger partial charge in [-0.3, -0.25) is 0 Å². The van der Waals surface area contributed by atoms with Crippen molar-refractivity contribution in [1.82, 2.24) is 0 Å². The Balaban J connectivity index is 1.84. The Morgan fingerprint density at radius 1 is 0.960 bits per heavy atom. The van der Waals surface area contributed by atoms with E-state index in [1.54, 1.807) is 0 Å². The van der Waals surface area contributed by atoms with Crippen LogP contribution in [0.25, 0.3) is 0 Å². The summed E-state index contributed by atoms with van der Waals surface area (Å²) in [5.74, 6) is 0. The maximum atomic E-state index is 11.9. The minimum Gasteiger partial charge on any atom is -0.443 e. The zero-order chi connectivity index (χ0) is 17.8. The molecule has 25 heavy (non-hydrogen) atoms. The number of ether oxygens (including phenoxy) is 1. The molecule has 130 valence electrons. The molecule has 1 saturated carbocycles. The SMILES string of the molecule is NC(=O)OC1(Cc2ccccc2)CCC(C=O)(c2ccccc2)CC1. The third-order valence-corrected chi connectivity index (χ3v) is 5.31. The minimum atomic E-state index is -0.755. The first-order valence-electron chi connectivity index (χ1n) is 8.62. The zero-order valence-corrected chi connectivity index (χ0v) is 14.2. The van der Waals surface area contributed by atoms with E-state index in [0.717, 1.165) is 17.4 Å². The molecule has 4 nitrogen and oxygen atoms in total. The second kappa shape index (κ2) is 7.09. The molecular formula is C21H23NO3. The Hall–Kier alpha value is -2.62. The second-order valence-corrected chi connectivity index (χ2v) is 6.91. The number of rotatable bonds is 5. The summed E-state index contributed by atoms with van der Waals surface area (Å²) >= 11 is 0. The van der Waals surface area contributed by atoms with Crippen molar-refractivity contribution in [2.75, 3.05) is 0 Å². The smallest absolute Gasteiger partial charge is 0.405 e. The highest BCUT2D eigenvalue weighted by Gasteiger charge is 2.45. The average molecular weight is 337 g/mol. The molecule has 0 radical (unpaired) electrons. The molecule has 1 amide bonds. The predicted molar refractivity (Wildman–Crippen MR) is 96.2 cm³/mol. The molecule has 2 aromatic rings. The lowest BCUT2D eigenvalue weighted by Gasteiger charge is -2.43. The normalized spacial score (nSPS) is 25.9. The van der Waals surface area contributed by atoms with Crippen molar-refractivity contribution < 1.29 is 14.3 Å². The fourth-order valence-corrected chi connectivity index (χ4v) is 3.89. The standard InChI is InChI=1S/C21H23NO3/c22-19(24)25-21(15-17-7-3-1-4-8-17)13-11-20(16-23,12-14-21)18-9-5-2-6-10-18/h1-10,16H,11-15H2,(H2,22,24). The number of carbonyl (C=O) groups is 2. The van der Waals surface area contributed by atoms with Gasteiger partial charge < -0.3 is 15.3 Å². The van der Waals surface area contributed by atoms with Crippen LogP contribution in [0.5, 0.6) is 0 Å². The molecule has 0 aliphatic heterocycles. The van der Waals surface area contributed by atoms with Crippen LogP contribution in [0.2, 0.25) is 0 Å². The van der Waals surface area contributed by atoms with Gasteiger partial charge >= 0.3 is 6.09 Å². The van der Waals surface area contributed by atoms with Crippen LogP contribution in [0.3, 0.4) is 0 Å². The lowest BCUT2D eigenvalue weighted by molar-refractivity contribution is -0.116. The number of primary amides is 1. The van der Waals surface area contributed by atoms with Gasteiger partial charge in [0, 0.05) is 6.42 Å². The number of amides is 1. The van der Waals surface area contributed by atoms with Crippen molar-refractivity contribution in [3.05, 3.63) is 71.8 Å². The predicted octanol–water partition coefficient (Wildman–Crippen LogP) is 3.77. The van der Waals surface area contributed by atoms with Crippen LogP contribution in [0.1, 0.15) is 36.8 Å². The highest BCUT2D eigenvalue weighted by atomic mass is 16.6. The third kappa shape index (κ3) is 3.73. The van der Waals surface area contributed by atoms with E-state index in [4.69, 9.17) is 10.5 Å². The van der Waals surface area contributed by atoms with Crippen molar-refractivity contribution in [3.8, 4) is 0 Å². The van der Waals surface area contributed by atoms with Gasteiger partial charge in [-0.2, -0.15) is 0 Å². The molecule has 4 heteroatoms. The Morgan fingerprint density at radius 2 is 1.52 bits per heavy atom. The lowest BCUT2D eigenvalue weighted by atomic mass is 9.65. The maximum absolute atomic E-state index is 11.9. The number of benzene rings is 2. The molecule has 0 aromatic heterocycles. The monoisotopic (exact) mass is 337 g/mol. The van der Waals surface area contributed by atoms with Crippen LogP contribution >= 0.6 is 0 Å². The van der Waals surface area contributed by atoms with E-state index in [9.17, 15) is 9.59 Å². The molecule has 3 rings (SSSR count). The topological polar surface area (TPSA) is 69.4 Å².